The molecule has 0 bridgehead atoms. The first-order valence-corrected chi connectivity index (χ1v) is 3.02. The Morgan fingerprint density at radius 2 is 2.17 bits per heavy atom. The summed E-state index contributed by atoms with van der Waals surface area (Å²) in [4.78, 5) is 12.8. The fraction of sp³-hybridized carbons (Fsp3) is 0.167. The van der Waals surface area contributed by atoms with Crippen molar-refractivity contribution in [3.05, 3.63) is 22.1 Å². The average Bonchev–Trinajstić information content (AvgIpc) is 2.00. The van der Waals surface area contributed by atoms with Gasteiger partial charge in [-0.05, 0) is 0 Å². The Hall–Kier alpha value is -1.59. The molecule has 0 aliphatic carbocycles. The number of rotatable bonds is 1. The number of hydrogen-bond donors (Lipinski definition) is 3. The second kappa shape index (κ2) is 2.80. The summed E-state index contributed by atoms with van der Waals surface area (Å²) in [5.74, 6) is -1.02. The number of aromatic amines is 1. The van der Waals surface area contributed by atoms with Crippen LogP contribution in [0.4, 0.5) is 14.5 Å². The number of hydrogen-bond acceptors (Lipinski definition) is 3. The highest BCUT2D eigenvalue weighted by Crippen LogP contribution is 2.22. The highest BCUT2D eigenvalue weighted by molar-refractivity contribution is 5.43. The Balaban J connectivity index is 3.37. The maximum absolute atomic E-state index is 12.0. The van der Waals surface area contributed by atoms with Crippen LogP contribution in [0, 0.1) is 0 Å². The number of aromatic nitrogens is 1. The summed E-state index contributed by atoms with van der Waals surface area (Å²) in [6, 6.07) is 0. The molecule has 1 aromatic rings. The van der Waals surface area contributed by atoms with E-state index in [-0.39, 0.29) is 5.69 Å². The van der Waals surface area contributed by atoms with Crippen molar-refractivity contribution < 1.29 is 13.9 Å². The van der Waals surface area contributed by atoms with Gasteiger partial charge in [0, 0.05) is 6.20 Å². The zero-order valence-corrected chi connectivity index (χ0v) is 5.84. The lowest BCUT2D eigenvalue weighted by molar-refractivity contribution is 0.141. The molecule has 0 spiro atoms. The largest absolute Gasteiger partial charge is 0.503 e. The van der Waals surface area contributed by atoms with Gasteiger partial charge in [-0.1, -0.05) is 0 Å². The van der Waals surface area contributed by atoms with Gasteiger partial charge in [0.25, 0.3) is 6.43 Å². The summed E-state index contributed by atoms with van der Waals surface area (Å²) in [6.07, 6.45) is -2.00. The molecule has 0 amide bonds. The zero-order chi connectivity index (χ0) is 9.30. The van der Waals surface area contributed by atoms with Crippen molar-refractivity contribution >= 4 is 5.69 Å². The minimum absolute atomic E-state index is 0.295. The van der Waals surface area contributed by atoms with E-state index in [1.165, 1.54) is 0 Å². The van der Waals surface area contributed by atoms with Crippen molar-refractivity contribution in [2.24, 2.45) is 0 Å². The van der Waals surface area contributed by atoms with Crippen molar-refractivity contribution in [2.45, 2.75) is 6.43 Å². The van der Waals surface area contributed by atoms with Gasteiger partial charge >= 0.3 is 0 Å². The average molecular weight is 176 g/mol. The molecule has 0 saturated heterocycles. The van der Waals surface area contributed by atoms with Gasteiger partial charge in [0.2, 0.25) is 5.43 Å². The lowest BCUT2D eigenvalue weighted by atomic mass is 10.3. The van der Waals surface area contributed by atoms with Crippen LogP contribution in [0.25, 0.3) is 0 Å². The molecular weight excluding hydrogens is 170 g/mol. The summed E-state index contributed by atoms with van der Waals surface area (Å²) in [7, 11) is 0. The zero-order valence-electron chi connectivity index (χ0n) is 5.84. The molecule has 6 heteroatoms. The minimum atomic E-state index is -2.92. The quantitative estimate of drug-likeness (QED) is 0.586. The highest BCUT2D eigenvalue weighted by Gasteiger charge is 2.16. The van der Waals surface area contributed by atoms with E-state index in [9.17, 15) is 13.6 Å². The van der Waals surface area contributed by atoms with Crippen LogP contribution in [0.2, 0.25) is 0 Å². The highest BCUT2D eigenvalue weighted by atomic mass is 19.3. The van der Waals surface area contributed by atoms with Crippen LogP contribution < -0.4 is 11.2 Å². The molecule has 0 saturated carbocycles. The van der Waals surface area contributed by atoms with Crippen molar-refractivity contribution in [2.75, 3.05) is 5.73 Å². The summed E-state index contributed by atoms with van der Waals surface area (Å²) in [6.45, 7) is 0. The first-order valence-electron chi connectivity index (χ1n) is 3.02. The molecule has 0 unspecified atom stereocenters. The second-order valence-corrected chi connectivity index (χ2v) is 2.14. The summed E-state index contributed by atoms with van der Waals surface area (Å²) < 4.78 is 23.9. The molecule has 4 nitrogen and oxygen atoms in total. The maximum atomic E-state index is 12.0. The van der Waals surface area contributed by atoms with Gasteiger partial charge in [0.15, 0.2) is 5.75 Å². The molecule has 12 heavy (non-hydrogen) atoms. The number of H-pyrrole nitrogens is 1. The number of nitrogen functional groups attached to an aromatic ring is 1. The van der Waals surface area contributed by atoms with Crippen LogP contribution in [0.3, 0.4) is 0 Å². The normalized spacial score (nSPS) is 10.6. The molecule has 0 aromatic carbocycles. The molecule has 4 N–H and O–H groups in total. The number of nitrogens with one attached hydrogen (secondary N) is 1. The van der Waals surface area contributed by atoms with Gasteiger partial charge in [0.1, 0.15) is 5.69 Å². The molecular formula is C6H6F2N2O2. The third kappa shape index (κ3) is 1.23. The van der Waals surface area contributed by atoms with Crippen LogP contribution in [0.5, 0.6) is 5.75 Å². The number of nitrogens with two attached hydrogens (primary N) is 1. The molecule has 0 aliphatic rings. The third-order valence-electron chi connectivity index (χ3n) is 1.33. The topological polar surface area (TPSA) is 79.1 Å². The van der Waals surface area contributed by atoms with Crippen LogP contribution in [-0.4, -0.2) is 10.1 Å². The molecule has 1 heterocycles. The van der Waals surface area contributed by atoms with E-state index in [1.807, 2.05) is 4.98 Å². The van der Waals surface area contributed by atoms with Crippen LogP contribution in [0.1, 0.15) is 12.1 Å². The predicted molar refractivity (Wildman–Crippen MR) is 38.1 cm³/mol. The second-order valence-electron chi connectivity index (χ2n) is 2.14. The monoisotopic (exact) mass is 176 g/mol. The van der Waals surface area contributed by atoms with Gasteiger partial charge in [-0.3, -0.25) is 4.79 Å². The third-order valence-corrected chi connectivity index (χ3v) is 1.33. The van der Waals surface area contributed by atoms with Crippen LogP contribution >= 0.6 is 0 Å². The number of alkyl halides is 2. The summed E-state index contributed by atoms with van der Waals surface area (Å²) in [5.41, 5.74) is 2.95. The lowest BCUT2D eigenvalue weighted by Crippen LogP contribution is -2.10. The van der Waals surface area contributed by atoms with E-state index in [2.05, 4.69) is 0 Å². The standard InChI is InChI=1S/C6H6F2N2O2/c7-6(8)3-5(12)4(11)2(9)1-10-3/h1,6,12H,9H2,(H,10,11). The number of halogens is 2. The molecule has 0 fully saturated rings. The van der Waals surface area contributed by atoms with Gasteiger partial charge in [0.05, 0.1) is 5.69 Å². The van der Waals surface area contributed by atoms with E-state index >= 15 is 0 Å². The number of anilines is 1. The fourth-order valence-electron chi connectivity index (χ4n) is 0.715. The Morgan fingerprint density at radius 1 is 1.58 bits per heavy atom. The molecule has 0 aliphatic heterocycles. The van der Waals surface area contributed by atoms with E-state index in [1.54, 1.807) is 0 Å². The minimum Gasteiger partial charge on any atom is -0.503 e. The van der Waals surface area contributed by atoms with Crippen LogP contribution in [0.15, 0.2) is 11.0 Å². The van der Waals surface area contributed by atoms with Gasteiger partial charge in [-0.2, -0.15) is 0 Å². The van der Waals surface area contributed by atoms with E-state index in [0.29, 0.717) is 0 Å². The molecule has 0 radical (unpaired) electrons. The molecule has 1 rings (SSSR count). The smallest absolute Gasteiger partial charge is 0.282 e. The van der Waals surface area contributed by atoms with Crippen molar-refractivity contribution in [1.82, 2.24) is 4.98 Å². The molecule has 0 atom stereocenters. The van der Waals surface area contributed by atoms with Crippen molar-refractivity contribution in [3.8, 4) is 5.75 Å². The Labute approximate surface area is 65.6 Å². The fourth-order valence-corrected chi connectivity index (χ4v) is 0.715. The maximum Gasteiger partial charge on any atom is 0.282 e. The summed E-state index contributed by atoms with van der Waals surface area (Å²) >= 11 is 0. The van der Waals surface area contributed by atoms with Crippen molar-refractivity contribution in [3.63, 3.8) is 0 Å². The van der Waals surface area contributed by atoms with Gasteiger partial charge in [-0.25, -0.2) is 8.78 Å². The van der Waals surface area contributed by atoms with E-state index in [0.717, 1.165) is 6.20 Å². The van der Waals surface area contributed by atoms with E-state index in [4.69, 9.17) is 10.8 Å². The Kier molecular flexibility index (Phi) is 1.99. The van der Waals surface area contributed by atoms with Gasteiger partial charge in [-0.15, -0.1) is 0 Å². The number of pyridine rings is 1. The molecule has 66 valence electrons. The predicted octanol–water partition coefficient (Wildman–Crippen LogP) is 0.600. The Bertz CT molecular complexity index is 348. The first-order chi connectivity index (χ1) is 5.54. The van der Waals surface area contributed by atoms with E-state index < -0.39 is 23.3 Å². The molecule has 1 aromatic heterocycles. The first kappa shape index (κ1) is 8.51. The van der Waals surface area contributed by atoms with Gasteiger partial charge < -0.3 is 15.8 Å². The van der Waals surface area contributed by atoms with Crippen LogP contribution in [-0.2, 0) is 0 Å². The SMILES string of the molecule is Nc1c[nH]c(C(F)F)c(O)c1=O. The summed E-state index contributed by atoms with van der Waals surface area (Å²) in [5, 5.41) is 8.85. The number of aromatic hydroxyl groups is 1. The lowest BCUT2D eigenvalue weighted by Gasteiger charge is -2.02. The Morgan fingerprint density at radius 3 is 2.67 bits per heavy atom. The van der Waals surface area contributed by atoms with Crippen molar-refractivity contribution in [1.29, 1.82) is 0 Å².